The highest BCUT2D eigenvalue weighted by Gasteiger charge is 2.36. The zero-order chi connectivity index (χ0) is 21.1. The third-order valence-electron chi connectivity index (χ3n) is 5.42. The number of amides is 3. The van der Waals surface area contributed by atoms with E-state index in [9.17, 15) is 14.4 Å². The summed E-state index contributed by atoms with van der Waals surface area (Å²) in [5.74, 6) is -0.584. The molecule has 0 aliphatic carbocycles. The molecule has 3 amide bonds. The van der Waals surface area contributed by atoms with Crippen molar-refractivity contribution in [3.63, 3.8) is 0 Å². The average molecular weight is 471 g/mol. The second-order valence-electron chi connectivity index (χ2n) is 7.50. The van der Waals surface area contributed by atoms with Crippen LogP contribution >= 0.6 is 15.9 Å². The summed E-state index contributed by atoms with van der Waals surface area (Å²) in [6, 6.07) is 13.8. The number of hydrogen-bond acceptors (Lipinski definition) is 4. The van der Waals surface area contributed by atoms with Gasteiger partial charge >= 0.3 is 0 Å². The summed E-state index contributed by atoms with van der Waals surface area (Å²) in [4.78, 5) is 41.9. The maximum Gasteiger partial charge on any atom is 0.247 e. The van der Waals surface area contributed by atoms with Crippen molar-refractivity contribution >= 4 is 50.7 Å². The molecular weight excluding hydrogens is 448 g/mol. The number of carbonyl (C=O) groups is 3. The van der Waals surface area contributed by atoms with Crippen molar-refractivity contribution in [3.05, 3.63) is 53.0 Å². The van der Waals surface area contributed by atoms with E-state index in [0.717, 1.165) is 36.1 Å². The van der Waals surface area contributed by atoms with Gasteiger partial charge < -0.3 is 20.4 Å². The molecule has 0 radical (unpaired) electrons. The third-order valence-corrected chi connectivity index (χ3v) is 5.95. The van der Waals surface area contributed by atoms with Crippen LogP contribution in [0.15, 0.2) is 53.0 Å². The van der Waals surface area contributed by atoms with Crippen LogP contribution in [0.25, 0.3) is 0 Å². The molecular formula is C22H23BrN4O3. The third kappa shape index (κ3) is 4.48. The lowest BCUT2D eigenvalue weighted by Gasteiger charge is -2.38. The maximum absolute atomic E-state index is 12.8. The molecule has 0 spiro atoms. The highest BCUT2D eigenvalue weighted by atomic mass is 79.9. The van der Waals surface area contributed by atoms with Crippen molar-refractivity contribution in [1.82, 2.24) is 4.90 Å². The van der Waals surface area contributed by atoms with Crippen LogP contribution in [-0.2, 0) is 14.4 Å². The Morgan fingerprint density at radius 1 is 1.07 bits per heavy atom. The van der Waals surface area contributed by atoms with E-state index in [0.29, 0.717) is 11.4 Å². The number of carbonyl (C=O) groups excluding carboxylic acids is 3. The first-order valence-electron chi connectivity index (χ1n) is 10.0. The molecule has 7 nitrogen and oxygen atoms in total. The molecule has 4 rings (SSSR count). The molecule has 0 bridgehead atoms. The molecule has 2 aliphatic heterocycles. The summed E-state index contributed by atoms with van der Waals surface area (Å²) < 4.78 is 0.912. The van der Waals surface area contributed by atoms with Gasteiger partial charge in [0.1, 0.15) is 6.04 Å². The minimum atomic E-state index is -0.762. The van der Waals surface area contributed by atoms with E-state index in [-0.39, 0.29) is 30.7 Å². The fourth-order valence-electron chi connectivity index (χ4n) is 3.89. The van der Waals surface area contributed by atoms with Crippen LogP contribution in [0.2, 0.25) is 0 Å². The van der Waals surface area contributed by atoms with Crippen molar-refractivity contribution in [3.8, 4) is 0 Å². The van der Waals surface area contributed by atoms with Gasteiger partial charge in [0.25, 0.3) is 0 Å². The topological polar surface area (TPSA) is 81.8 Å². The molecule has 1 fully saturated rings. The Labute approximate surface area is 183 Å². The van der Waals surface area contributed by atoms with Crippen LogP contribution < -0.4 is 15.5 Å². The van der Waals surface area contributed by atoms with Gasteiger partial charge in [-0.25, -0.2) is 0 Å². The summed E-state index contributed by atoms with van der Waals surface area (Å²) in [6.45, 7) is 1.56. The van der Waals surface area contributed by atoms with Gasteiger partial charge in [0, 0.05) is 23.2 Å². The number of nitrogens with one attached hydrogen (secondary N) is 2. The average Bonchev–Trinajstić information content (AvgIpc) is 3.27. The number of rotatable bonds is 5. The van der Waals surface area contributed by atoms with E-state index in [2.05, 4.69) is 26.6 Å². The van der Waals surface area contributed by atoms with Crippen LogP contribution in [0.1, 0.15) is 19.3 Å². The molecule has 2 heterocycles. The Morgan fingerprint density at radius 3 is 2.50 bits per heavy atom. The molecule has 30 heavy (non-hydrogen) atoms. The number of para-hydroxylation sites is 2. The molecule has 1 saturated heterocycles. The molecule has 2 N–H and O–H groups in total. The minimum Gasteiger partial charge on any atom is -0.348 e. The number of hydrogen-bond donors (Lipinski definition) is 2. The first-order chi connectivity index (χ1) is 14.5. The zero-order valence-electron chi connectivity index (χ0n) is 16.4. The highest BCUT2D eigenvalue weighted by Crippen LogP contribution is 2.33. The summed E-state index contributed by atoms with van der Waals surface area (Å²) in [5.41, 5.74) is 2.06. The number of nitrogens with zero attached hydrogens (tertiary/aromatic N) is 2. The van der Waals surface area contributed by atoms with E-state index in [4.69, 9.17) is 0 Å². The number of anilines is 3. The fourth-order valence-corrected chi connectivity index (χ4v) is 4.15. The van der Waals surface area contributed by atoms with Crippen LogP contribution in [0.4, 0.5) is 17.1 Å². The van der Waals surface area contributed by atoms with Gasteiger partial charge in [-0.1, -0.05) is 28.1 Å². The largest absolute Gasteiger partial charge is 0.348 e. The van der Waals surface area contributed by atoms with Crippen molar-refractivity contribution in [2.75, 3.05) is 35.2 Å². The van der Waals surface area contributed by atoms with Crippen molar-refractivity contribution in [1.29, 1.82) is 0 Å². The predicted molar refractivity (Wildman–Crippen MR) is 119 cm³/mol. The van der Waals surface area contributed by atoms with Crippen molar-refractivity contribution in [2.45, 2.75) is 25.3 Å². The molecule has 8 heteroatoms. The Morgan fingerprint density at radius 2 is 1.77 bits per heavy atom. The molecule has 2 aromatic rings. The van der Waals surface area contributed by atoms with Gasteiger partial charge in [-0.05, 0) is 49.2 Å². The fraction of sp³-hybridized carbons (Fsp3) is 0.318. The van der Waals surface area contributed by atoms with E-state index >= 15 is 0 Å². The second-order valence-corrected chi connectivity index (χ2v) is 8.41. The van der Waals surface area contributed by atoms with Gasteiger partial charge in [-0.15, -0.1) is 0 Å². The van der Waals surface area contributed by atoms with Gasteiger partial charge in [0.05, 0.1) is 24.3 Å². The van der Waals surface area contributed by atoms with Crippen LogP contribution in [-0.4, -0.2) is 48.3 Å². The monoisotopic (exact) mass is 470 g/mol. The SMILES string of the molecule is O=C(C[C@H]1C(=O)Nc2ccccc2N1CC(=O)N1CCCC1)Nc1ccc(Br)cc1. The Kier molecular flexibility index (Phi) is 6.03. The molecule has 1 atom stereocenters. The van der Waals surface area contributed by atoms with E-state index in [1.165, 1.54) is 0 Å². The van der Waals surface area contributed by atoms with Gasteiger partial charge in [0.2, 0.25) is 17.7 Å². The van der Waals surface area contributed by atoms with E-state index < -0.39 is 6.04 Å². The van der Waals surface area contributed by atoms with Gasteiger partial charge in [0.15, 0.2) is 0 Å². The second kappa shape index (κ2) is 8.87. The number of benzene rings is 2. The molecule has 0 saturated carbocycles. The Bertz CT molecular complexity index is 957. The summed E-state index contributed by atoms with van der Waals surface area (Å²) >= 11 is 3.36. The number of likely N-dealkylation sites (tertiary alicyclic amines) is 1. The normalized spacial score (nSPS) is 18.0. The molecule has 0 unspecified atom stereocenters. The standard InChI is InChI=1S/C22H23BrN4O3/c23-15-7-9-16(10-8-15)24-20(28)13-19-22(30)25-17-5-1-2-6-18(17)27(19)14-21(29)26-11-3-4-12-26/h1-2,5-10,19H,3-4,11-14H2,(H,24,28)(H,25,30)/t19-/m0/s1. The maximum atomic E-state index is 12.8. The summed E-state index contributed by atoms with van der Waals surface area (Å²) in [6.07, 6.45) is 1.95. The van der Waals surface area contributed by atoms with Crippen molar-refractivity contribution < 1.29 is 14.4 Å². The minimum absolute atomic E-state index is 0.0182. The van der Waals surface area contributed by atoms with E-state index in [1.54, 1.807) is 23.1 Å². The zero-order valence-corrected chi connectivity index (χ0v) is 18.0. The van der Waals surface area contributed by atoms with Gasteiger partial charge in [-0.2, -0.15) is 0 Å². The Balaban J connectivity index is 1.54. The van der Waals surface area contributed by atoms with Crippen LogP contribution in [0.3, 0.4) is 0 Å². The smallest absolute Gasteiger partial charge is 0.247 e. The first kappa shape index (κ1) is 20.4. The number of halogens is 1. The quantitative estimate of drug-likeness (QED) is 0.702. The lowest BCUT2D eigenvalue weighted by Crippen LogP contribution is -2.53. The highest BCUT2D eigenvalue weighted by molar-refractivity contribution is 9.10. The van der Waals surface area contributed by atoms with Crippen LogP contribution in [0.5, 0.6) is 0 Å². The predicted octanol–water partition coefficient (Wildman–Crippen LogP) is 3.23. The molecule has 0 aromatic heterocycles. The molecule has 156 valence electrons. The van der Waals surface area contributed by atoms with E-state index in [1.807, 2.05) is 35.2 Å². The van der Waals surface area contributed by atoms with Crippen LogP contribution in [0, 0.1) is 0 Å². The lowest BCUT2D eigenvalue weighted by atomic mass is 10.0. The summed E-state index contributed by atoms with van der Waals surface area (Å²) in [7, 11) is 0. The molecule has 2 aliphatic rings. The van der Waals surface area contributed by atoms with Gasteiger partial charge in [-0.3, -0.25) is 14.4 Å². The number of fused-ring (bicyclic) bond motifs is 1. The first-order valence-corrected chi connectivity index (χ1v) is 10.8. The Hall–Kier alpha value is -2.87. The lowest BCUT2D eigenvalue weighted by molar-refractivity contribution is -0.129. The molecule has 2 aromatic carbocycles. The summed E-state index contributed by atoms with van der Waals surface area (Å²) in [5, 5.41) is 5.70. The van der Waals surface area contributed by atoms with Crippen molar-refractivity contribution in [2.24, 2.45) is 0 Å².